The molecule has 0 aliphatic carbocycles. The number of pyridine rings is 1. The predicted octanol–water partition coefficient (Wildman–Crippen LogP) is 0.494. The topological polar surface area (TPSA) is 91.8 Å². The summed E-state index contributed by atoms with van der Waals surface area (Å²) in [6.45, 7) is 0. The normalized spacial score (nSPS) is 27.0. The number of H-pyrrole nitrogens is 1. The summed E-state index contributed by atoms with van der Waals surface area (Å²) in [6, 6.07) is 0. The zero-order chi connectivity index (χ0) is 12.9. The van der Waals surface area contributed by atoms with Crippen molar-refractivity contribution in [3.63, 3.8) is 0 Å². The maximum atomic E-state index is 11.9. The number of methoxy groups -OCH3 is 1. The number of aliphatic hydroxyl groups is 1. The lowest BCUT2D eigenvalue weighted by Gasteiger charge is -2.25. The number of aromatic hydroxyl groups is 1. The third-order valence-corrected chi connectivity index (χ3v) is 3.69. The number of hydrogen-bond donors (Lipinski definition) is 3. The second-order valence-electron chi connectivity index (χ2n) is 4.72. The first kappa shape index (κ1) is 11.7. The van der Waals surface area contributed by atoms with Gasteiger partial charge in [-0.2, -0.15) is 0 Å². The summed E-state index contributed by atoms with van der Waals surface area (Å²) in [5, 5.41) is 19.8. The molecule has 1 fully saturated rings. The Morgan fingerprint density at radius 3 is 3.00 bits per heavy atom. The molecule has 6 heteroatoms. The van der Waals surface area contributed by atoms with Gasteiger partial charge < -0.3 is 24.7 Å². The number of fused-ring (bicyclic) bond motifs is 4. The van der Waals surface area contributed by atoms with E-state index in [1.807, 2.05) is 0 Å². The van der Waals surface area contributed by atoms with Crippen molar-refractivity contribution in [3.05, 3.63) is 27.2 Å². The van der Waals surface area contributed by atoms with Gasteiger partial charge >= 0.3 is 0 Å². The van der Waals surface area contributed by atoms with E-state index in [4.69, 9.17) is 9.47 Å². The minimum atomic E-state index is -1.42. The smallest absolute Gasteiger partial charge is 0.260 e. The van der Waals surface area contributed by atoms with E-state index in [1.165, 1.54) is 7.11 Å². The minimum Gasteiger partial charge on any atom is -0.507 e. The maximum absolute atomic E-state index is 11.9. The zero-order valence-electron chi connectivity index (χ0n) is 9.97. The van der Waals surface area contributed by atoms with Crippen molar-refractivity contribution >= 4 is 0 Å². The summed E-state index contributed by atoms with van der Waals surface area (Å²) >= 11 is 0. The number of aliphatic hydroxyl groups excluding tert-OH is 1. The highest BCUT2D eigenvalue weighted by atomic mass is 16.6. The van der Waals surface area contributed by atoms with E-state index in [0.29, 0.717) is 17.7 Å². The molecule has 1 aromatic heterocycles. The molecule has 3 heterocycles. The van der Waals surface area contributed by atoms with Gasteiger partial charge in [-0.25, -0.2) is 0 Å². The van der Waals surface area contributed by atoms with Gasteiger partial charge in [-0.15, -0.1) is 0 Å². The van der Waals surface area contributed by atoms with E-state index in [0.717, 1.165) is 12.8 Å². The standard InChI is InChI=1S/C12H15NO5/c1-17-12(16)8-10(14)6-4-5-2-3-7(18-5)9(6)13-11(8)15/h5,7,12,16H,2-4H2,1H3,(H2,13,14,15). The van der Waals surface area contributed by atoms with Crippen LogP contribution < -0.4 is 5.56 Å². The molecule has 0 amide bonds. The van der Waals surface area contributed by atoms with E-state index in [1.54, 1.807) is 0 Å². The van der Waals surface area contributed by atoms with E-state index >= 15 is 0 Å². The number of aromatic amines is 1. The van der Waals surface area contributed by atoms with E-state index in [2.05, 4.69) is 4.98 Å². The third kappa shape index (κ3) is 1.57. The molecule has 0 spiro atoms. The summed E-state index contributed by atoms with van der Waals surface area (Å²) in [6.07, 6.45) is 0.845. The first-order valence-electron chi connectivity index (χ1n) is 5.96. The predicted molar refractivity (Wildman–Crippen MR) is 61.2 cm³/mol. The summed E-state index contributed by atoms with van der Waals surface area (Å²) in [5.74, 6) is -0.164. The lowest BCUT2D eigenvalue weighted by Crippen LogP contribution is -2.26. The van der Waals surface area contributed by atoms with Crippen molar-refractivity contribution < 1.29 is 19.7 Å². The Hall–Kier alpha value is -1.37. The molecule has 0 radical (unpaired) electrons. The average molecular weight is 253 g/mol. The highest BCUT2D eigenvalue weighted by Gasteiger charge is 2.37. The fraction of sp³-hybridized carbons (Fsp3) is 0.583. The molecule has 3 unspecified atom stereocenters. The molecule has 2 aliphatic rings. The van der Waals surface area contributed by atoms with E-state index < -0.39 is 11.8 Å². The van der Waals surface area contributed by atoms with Crippen LogP contribution >= 0.6 is 0 Å². The number of nitrogens with one attached hydrogen (secondary N) is 1. The Bertz CT molecular complexity index is 538. The van der Waals surface area contributed by atoms with Gasteiger partial charge in [0.1, 0.15) is 11.3 Å². The molecule has 0 saturated carbocycles. The highest BCUT2D eigenvalue weighted by Crippen LogP contribution is 2.43. The summed E-state index contributed by atoms with van der Waals surface area (Å²) in [4.78, 5) is 14.6. The van der Waals surface area contributed by atoms with Crippen molar-refractivity contribution in [2.45, 2.75) is 37.8 Å². The highest BCUT2D eigenvalue weighted by molar-refractivity contribution is 5.45. The molecular formula is C12H15NO5. The van der Waals surface area contributed by atoms with Crippen molar-refractivity contribution in [3.8, 4) is 5.75 Å². The molecule has 6 nitrogen and oxygen atoms in total. The van der Waals surface area contributed by atoms with Crippen LogP contribution in [0.15, 0.2) is 4.79 Å². The van der Waals surface area contributed by atoms with Crippen LogP contribution in [0.4, 0.5) is 0 Å². The van der Waals surface area contributed by atoms with Gasteiger partial charge in [0.25, 0.3) is 5.56 Å². The average Bonchev–Trinajstić information content (AvgIpc) is 2.74. The van der Waals surface area contributed by atoms with Crippen molar-refractivity contribution in [1.29, 1.82) is 0 Å². The second kappa shape index (κ2) is 4.08. The Balaban J connectivity index is 2.17. The molecule has 3 rings (SSSR count). The molecule has 18 heavy (non-hydrogen) atoms. The van der Waals surface area contributed by atoms with Crippen molar-refractivity contribution in [1.82, 2.24) is 4.98 Å². The summed E-state index contributed by atoms with van der Waals surface area (Å²) in [7, 11) is 1.27. The third-order valence-electron chi connectivity index (χ3n) is 3.69. The molecule has 3 N–H and O–H groups in total. The molecule has 3 atom stereocenters. The molecular weight excluding hydrogens is 238 g/mol. The largest absolute Gasteiger partial charge is 0.507 e. The van der Waals surface area contributed by atoms with Crippen LogP contribution in [-0.4, -0.2) is 28.4 Å². The molecule has 1 saturated heterocycles. The van der Waals surface area contributed by atoms with Crippen LogP contribution in [0.2, 0.25) is 0 Å². The lowest BCUT2D eigenvalue weighted by atomic mass is 10.00. The van der Waals surface area contributed by atoms with Gasteiger partial charge in [-0.05, 0) is 12.8 Å². The van der Waals surface area contributed by atoms with Crippen LogP contribution in [0, 0.1) is 0 Å². The van der Waals surface area contributed by atoms with Gasteiger partial charge in [-0.3, -0.25) is 4.79 Å². The molecule has 1 aromatic rings. The SMILES string of the molecule is COC(O)c1c(O)c2c([nH]c1=O)C1CCC(C2)O1. The van der Waals surface area contributed by atoms with Gasteiger partial charge in [0.15, 0.2) is 6.29 Å². The molecule has 0 aromatic carbocycles. The van der Waals surface area contributed by atoms with Crippen LogP contribution in [0.3, 0.4) is 0 Å². The Kier molecular flexibility index (Phi) is 2.65. The number of aromatic nitrogens is 1. The van der Waals surface area contributed by atoms with E-state index in [9.17, 15) is 15.0 Å². The maximum Gasteiger partial charge on any atom is 0.260 e. The summed E-state index contributed by atoms with van der Waals surface area (Å²) < 4.78 is 10.4. The number of rotatable bonds is 2. The quantitative estimate of drug-likeness (QED) is 0.667. The monoisotopic (exact) mass is 253 g/mol. The molecule has 2 bridgehead atoms. The summed E-state index contributed by atoms with van der Waals surface area (Å²) in [5.41, 5.74) is 0.643. The number of ether oxygens (including phenoxy) is 2. The fourth-order valence-corrected chi connectivity index (χ4v) is 2.79. The lowest BCUT2D eigenvalue weighted by molar-refractivity contribution is -0.0793. The van der Waals surface area contributed by atoms with Crippen LogP contribution in [0.5, 0.6) is 5.75 Å². The first-order valence-corrected chi connectivity index (χ1v) is 5.96. The van der Waals surface area contributed by atoms with Crippen LogP contribution in [0.1, 0.15) is 42.1 Å². The Labute approximate surface area is 103 Å². The first-order chi connectivity index (χ1) is 8.61. The van der Waals surface area contributed by atoms with Gasteiger partial charge in [0, 0.05) is 19.1 Å². The van der Waals surface area contributed by atoms with Gasteiger partial charge in [-0.1, -0.05) is 0 Å². The van der Waals surface area contributed by atoms with Crippen molar-refractivity contribution in [2.75, 3.05) is 7.11 Å². The van der Waals surface area contributed by atoms with Crippen LogP contribution in [0.25, 0.3) is 0 Å². The molecule has 98 valence electrons. The Morgan fingerprint density at radius 1 is 1.50 bits per heavy atom. The van der Waals surface area contributed by atoms with Gasteiger partial charge in [0.05, 0.1) is 17.9 Å². The minimum absolute atomic E-state index is 0.0897. The zero-order valence-corrected chi connectivity index (χ0v) is 9.97. The number of hydrogen-bond acceptors (Lipinski definition) is 5. The second-order valence-corrected chi connectivity index (χ2v) is 4.72. The van der Waals surface area contributed by atoms with Crippen molar-refractivity contribution in [2.24, 2.45) is 0 Å². The van der Waals surface area contributed by atoms with Gasteiger partial charge in [0.2, 0.25) is 0 Å². The van der Waals surface area contributed by atoms with E-state index in [-0.39, 0.29) is 23.5 Å². The Morgan fingerprint density at radius 2 is 2.28 bits per heavy atom. The molecule has 2 aliphatic heterocycles. The van der Waals surface area contributed by atoms with Crippen LogP contribution in [-0.2, 0) is 15.9 Å². The fourth-order valence-electron chi connectivity index (χ4n) is 2.79.